The fourth-order valence-electron chi connectivity index (χ4n) is 5.52. The molecule has 52 heavy (non-hydrogen) atoms. The fourth-order valence-corrected chi connectivity index (χ4v) is 6.28. The highest BCUT2D eigenvalue weighted by Gasteiger charge is 2.25. The Morgan fingerprint density at radius 3 is 1.44 bits per heavy atom. The lowest BCUT2D eigenvalue weighted by Crippen LogP contribution is -2.29. The number of rotatable bonds is 38. The molecule has 0 spiro atoms. The lowest BCUT2D eigenvalue weighted by molar-refractivity contribution is -0.161. The molecule has 1 N–H and O–H groups in total. The third-order valence-corrected chi connectivity index (χ3v) is 9.65. The summed E-state index contributed by atoms with van der Waals surface area (Å²) in [5.41, 5.74) is 0. The maximum atomic E-state index is 12.5. The molecule has 0 aromatic heterocycles. The molecule has 8 nitrogen and oxygen atoms in total. The summed E-state index contributed by atoms with van der Waals surface area (Å²) in [6, 6.07) is 0. The Morgan fingerprint density at radius 1 is 0.519 bits per heavy atom. The normalized spacial score (nSPS) is 13.8. The van der Waals surface area contributed by atoms with Gasteiger partial charge in [0.1, 0.15) is 6.61 Å². The summed E-state index contributed by atoms with van der Waals surface area (Å²) in [5.74, 6) is -0.820. The van der Waals surface area contributed by atoms with Crippen molar-refractivity contribution in [1.82, 2.24) is 0 Å². The molecule has 0 aliphatic heterocycles. The zero-order valence-electron chi connectivity index (χ0n) is 33.5. The van der Waals surface area contributed by atoms with Gasteiger partial charge in [0.25, 0.3) is 0 Å². The molecular formula is C43H77O8P. The second-order valence-electron chi connectivity index (χ2n) is 13.6. The molecule has 0 fully saturated rings. The molecule has 0 aliphatic carbocycles. The van der Waals surface area contributed by atoms with Crippen molar-refractivity contribution >= 4 is 19.8 Å². The van der Waals surface area contributed by atoms with Crippen LogP contribution >= 0.6 is 7.82 Å². The van der Waals surface area contributed by atoms with Crippen LogP contribution in [0.15, 0.2) is 48.6 Å². The predicted molar refractivity (Wildman–Crippen MR) is 216 cm³/mol. The van der Waals surface area contributed by atoms with E-state index >= 15 is 0 Å². The zero-order chi connectivity index (χ0) is 38.2. The Hall–Kier alpha value is -1.99. The number of hydrogen-bond acceptors (Lipinski definition) is 7. The minimum atomic E-state index is -4.28. The number of unbranched alkanes of at least 4 members (excludes halogenated alkanes) is 18. The van der Waals surface area contributed by atoms with Crippen LogP contribution in [0.4, 0.5) is 0 Å². The number of hydrogen-bond donors (Lipinski definition) is 1. The first kappa shape index (κ1) is 50.0. The van der Waals surface area contributed by atoms with Crippen LogP contribution in [0.25, 0.3) is 0 Å². The molecule has 0 rings (SSSR count). The predicted octanol–water partition coefficient (Wildman–Crippen LogP) is 13.0. The highest BCUT2D eigenvalue weighted by Crippen LogP contribution is 2.43. The average Bonchev–Trinajstić information content (AvgIpc) is 3.12. The fraction of sp³-hybridized carbons (Fsp3) is 0.767. The van der Waals surface area contributed by atoms with Crippen LogP contribution in [0, 0.1) is 0 Å². The highest BCUT2D eigenvalue weighted by atomic mass is 31.2. The first-order valence-electron chi connectivity index (χ1n) is 20.9. The van der Waals surface area contributed by atoms with Crippen LogP contribution < -0.4 is 0 Å². The molecule has 2 unspecified atom stereocenters. The quantitative estimate of drug-likeness (QED) is 0.0287. The largest absolute Gasteiger partial charge is 0.472 e. The number of carbonyl (C=O) groups is 2. The summed E-state index contributed by atoms with van der Waals surface area (Å²) < 4.78 is 32.6. The van der Waals surface area contributed by atoms with Gasteiger partial charge < -0.3 is 14.4 Å². The monoisotopic (exact) mass is 753 g/mol. The molecule has 2 atom stereocenters. The van der Waals surface area contributed by atoms with E-state index in [1.807, 2.05) is 0 Å². The number of ether oxygens (including phenoxy) is 2. The lowest BCUT2D eigenvalue weighted by atomic mass is 10.1. The molecule has 0 aromatic carbocycles. The third-order valence-electron chi connectivity index (χ3n) is 8.59. The molecule has 0 aromatic rings. The Kier molecular flexibility index (Phi) is 37.2. The number of esters is 2. The van der Waals surface area contributed by atoms with Gasteiger partial charge in [-0.3, -0.25) is 18.6 Å². The second-order valence-corrected chi connectivity index (χ2v) is 15.1. The van der Waals surface area contributed by atoms with Crippen molar-refractivity contribution in [2.45, 2.75) is 194 Å². The van der Waals surface area contributed by atoms with Crippen molar-refractivity contribution in [2.75, 3.05) is 19.8 Å². The molecule has 302 valence electrons. The number of carbonyl (C=O) groups excluding carboxylic acids is 2. The molecule has 0 amide bonds. The smallest absolute Gasteiger partial charge is 0.462 e. The number of phosphoric acid groups is 1. The van der Waals surface area contributed by atoms with Gasteiger partial charge in [-0.05, 0) is 77.6 Å². The van der Waals surface area contributed by atoms with Gasteiger partial charge in [-0.2, -0.15) is 0 Å². The number of phosphoric ester groups is 1. The maximum Gasteiger partial charge on any atom is 0.472 e. The van der Waals surface area contributed by atoms with Crippen molar-refractivity contribution in [2.24, 2.45) is 0 Å². The number of allylic oxidation sites excluding steroid dienone is 8. The minimum absolute atomic E-state index is 0.00416. The van der Waals surface area contributed by atoms with Crippen molar-refractivity contribution in [1.29, 1.82) is 0 Å². The van der Waals surface area contributed by atoms with E-state index in [4.69, 9.17) is 18.5 Å². The summed E-state index contributed by atoms with van der Waals surface area (Å²) in [5, 5.41) is 0. The van der Waals surface area contributed by atoms with Crippen molar-refractivity contribution in [3.63, 3.8) is 0 Å². The van der Waals surface area contributed by atoms with Gasteiger partial charge in [-0.25, -0.2) is 4.57 Å². The zero-order valence-corrected chi connectivity index (χ0v) is 34.3. The summed E-state index contributed by atoms with van der Waals surface area (Å²) in [6.45, 7) is 5.36. The van der Waals surface area contributed by atoms with Crippen LogP contribution in [-0.4, -0.2) is 42.8 Å². The van der Waals surface area contributed by atoms with E-state index in [9.17, 15) is 19.0 Å². The summed E-state index contributed by atoms with van der Waals surface area (Å²) in [7, 11) is -4.28. The standard InChI is InChI=1S/C43H77O8P/c1-4-7-9-11-13-15-17-19-20-21-22-23-24-26-28-30-32-34-36-38-43(45)51-41(40-50-52(46,47)49-6-3)39-48-42(44)37-35-33-31-29-27-25-18-16-14-12-10-8-5-2/h10,12-13,15-16,18-20,41H,4-9,11,14,17,21-40H2,1-3H3,(H,46,47)/b12-10-,15-13-,18-16-,20-19-. The minimum Gasteiger partial charge on any atom is -0.462 e. The second kappa shape index (κ2) is 38.7. The lowest BCUT2D eigenvalue weighted by Gasteiger charge is -2.19. The van der Waals surface area contributed by atoms with Crippen LogP contribution in [-0.2, 0) is 32.7 Å². The van der Waals surface area contributed by atoms with Gasteiger partial charge >= 0.3 is 19.8 Å². The van der Waals surface area contributed by atoms with Gasteiger partial charge in [0, 0.05) is 12.8 Å². The average molecular weight is 753 g/mol. The molecule has 9 heteroatoms. The van der Waals surface area contributed by atoms with Crippen molar-refractivity contribution < 1.29 is 37.6 Å². The van der Waals surface area contributed by atoms with Crippen molar-refractivity contribution in [3.05, 3.63) is 48.6 Å². The Bertz CT molecular complexity index is 990. The van der Waals surface area contributed by atoms with Crippen LogP contribution in [0.3, 0.4) is 0 Å². The molecular weight excluding hydrogens is 675 g/mol. The van der Waals surface area contributed by atoms with Gasteiger partial charge in [-0.15, -0.1) is 0 Å². The Balaban J connectivity index is 4.11. The van der Waals surface area contributed by atoms with E-state index in [1.165, 1.54) is 64.2 Å². The van der Waals surface area contributed by atoms with Crippen LogP contribution in [0.5, 0.6) is 0 Å². The molecule has 0 radical (unpaired) electrons. The molecule has 0 saturated carbocycles. The van der Waals surface area contributed by atoms with Gasteiger partial charge in [0.15, 0.2) is 6.10 Å². The molecule has 0 aliphatic rings. The van der Waals surface area contributed by atoms with E-state index in [0.717, 1.165) is 83.5 Å². The van der Waals surface area contributed by atoms with E-state index in [1.54, 1.807) is 6.92 Å². The third kappa shape index (κ3) is 37.8. The Morgan fingerprint density at radius 2 is 0.962 bits per heavy atom. The summed E-state index contributed by atoms with van der Waals surface area (Å²) in [6.07, 6.45) is 44.4. The van der Waals surface area contributed by atoms with E-state index in [-0.39, 0.29) is 32.0 Å². The Labute approximate surface area is 318 Å². The SMILES string of the molecule is CCC/C=C\C/C=C\CCCCCCCC(=O)OCC(COP(=O)(O)OCC)OC(=O)CCCCCCCCCCC/C=C\C/C=C\CCCCC. The molecule has 0 saturated heterocycles. The summed E-state index contributed by atoms with van der Waals surface area (Å²) >= 11 is 0. The van der Waals surface area contributed by atoms with Gasteiger partial charge in [0.05, 0.1) is 13.2 Å². The van der Waals surface area contributed by atoms with Crippen molar-refractivity contribution in [3.8, 4) is 0 Å². The molecule has 0 bridgehead atoms. The topological polar surface area (TPSA) is 108 Å². The highest BCUT2D eigenvalue weighted by molar-refractivity contribution is 7.47. The van der Waals surface area contributed by atoms with Gasteiger partial charge in [-0.1, -0.05) is 146 Å². The van der Waals surface area contributed by atoms with E-state index in [0.29, 0.717) is 6.42 Å². The van der Waals surface area contributed by atoms with Crippen LogP contribution in [0.2, 0.25) is 0 Å². The van der Waals surface area contributed by atoms with Gasteiger partial charge in [0.2, 0.25) is 0 Å². The first-order chi connectivity index (χ1) is 25.3. The maximum absolute atomic E-state index is 12.5. The van der Waals surface area contributed by atoms with Crippen LogP contribution in [0.1, 0.15) is 188 Å². The van der Waals surface area contributed by atoms with E-state index in [2.05, 4.69) is 62.5 Å². The molecule has 0 heterocycles. The first-order valence-corrected chi connectivity index (χ1v) is 22.4. The van der Waals surface area contributed by atoms with E-state index < -0.39 is 26.5 Å². The summed E-state index contributed by atoms with van der Waals surface area (Å²) in [4.78, 5) is 34.7.